The maximum Gasteiger partial charge on any atom is 0.410 e. The summed E-state index contributed by atoms with van der Waals surface area (Å²) in [5, 5.41) is 7.54. The molecule has 6 nitrogen and oxygen atoms in total. The van der Waals surface area contributed by atoms with Crippen molar-refractivity contribution in [3.8, 4) is 0 Å². The number of rotatable bonds is 6. The second-order valence-electron chi connectivity index (χ2n) is 9.22. The number of amides is 1. The zero-order chi connectivity index (χ0) is 20.7. The van der Waals surface area contributed by atoms with Crippen molar-refractivity contribution in [3.05, 3.63) is 35.9 Å². The van der Waals surface area contributed by atoms with E-state index in [-0.39, 0.29) is 12.3 Å². The molecule has 2 saturated heterocycles. The van der Waals surface area contributed by atoms with Crippen molar-refractivity contribution in [2.45, 2.75) is 64.3 Å². The maximum atomic E-state index is 12.3. The summed E-state index contributed by atoms with van der Waals surface area (Å²) in [6, 6.07) is 10.9. The minimum absolute atomic E-state index is 0.122. The average molecular weight is 404 g/mol. The van der Waals surface area contributed by atoms with Gasteiger partial charge in [0.2, 0.25) is 0 Å². The predicted molar refractivity (Wildman–Crippen MR) is 115 cm³/mol. The molecule has 3 rings (SSSR count). The number of ether oxygens (including phenoxy) is 2. The number of likely N-dealkylation sites (tertiary alicyclic amines) is 1. The molecule has 0 radical (unpaired) electrons. The van der Waals surface area contributed by atoms with Crippen LogP contribution in [0.15, 0.2) is 30.3 Å². The Bertz CT molecular complexity index is 618. The van der Waals surface area contributed by atoms with Crippen LogP contribution >= 0.6 is 0 Å². The van der Waals surface area contributed by atoms with Crippen molar-refractivity contribution < 1.29 is 14.3 Å². The Kier molecular flexibility index (Phi) is 7.92. The summed E-state index contributed by atoms with van der Waals surface area (Å²) in [4.78, 5) is 14.1. The smallest absolute Gasteiger partial charge is 0.410 e. The molecule has 0 aromatic heterocycles. The molecule has 1 aromatic rings. The first kappa shape index (κ1) is 22.1. The quantitative estimate of drug-likeness (QED) is 0.710. The van der Waals surface area contributed by atoms with Gasteiger partial charge in [-0.1, -0.05) is 30.3 Å². The van der Waals surface area contributed by atoms with Gasteiger partial charge in [-0.2, -0.15) is 0 Å². The minimum Gasteiger partial charge on any atom is -0.444 e. The van der Waals surface area contributed by atoms with E-state index in [0.29, 0.717) is 12.0 Å². The molecule has 2 fully saturated rings. The Morgan fingerprint density at radius 1 is 1.14 bits per heavy atom. The first-order valence-electron chi connectivity index (χ1n) is 11.0. The topological polar surface area (TPSA) is 62.8 Å². The van der Waals surface area contributed by atoms with Crippen molar-refractivity contribution >= 4 is 6.09 Å². The summed E-state index contributed by atoms with van der Waals surface area (Å²) in [5.74, 6) is 0.672. The summed E-state index contributed by atoms with van der Waals surface area (Å²) in [6.07, 6.45) is 4.04. The van der Waals surface area contributed by atoms with E-state index in [1.54, 1.807) is 0 Å². The zero-order valence-electron chi connectivity index (χ0n) is 18.2. The average Bonchev–Trinajstić information content (AvgIpc) is 2.71. The summed E-state index contributed by atoms with van der Waals surface area (Å²) < 4.78 is 11.0. The van der Waals surface area contributed by atoms with Crippen molar-refractivity contribution in [1.82, 2.24) is 15.5 Å². The number of benzene rings is 1. The highest BCUT2D eigenvalue weighted by Gasteiger charge is 2.28. The van der Waals surface area contributed by atoms with Gasteiger partial charge in [0.25, 0.3) is 0 Å². The van der Waals surface area contributed by atoms with E-state index in [4.69, 9.17) is 9.47 Å². The van der Waals surface area contributed by atoms with Gasteiger partial charge in [-0.05, 0) is 64.5 Å². The molecule has 0 saturated carbocycles. The fourth-order valence-electron chi connectivity index (χ4n) is 3.94. The van der Waals surface area contributed by atoms with Gasteiger partial charge in [-0.3, -0.25) is 10.6 Å². The second kappa shape index (κ2) is 10.4. The molecule has 162 valence electrons. The minimum atomic E-state index is -0.446. The van der Waals surface area contributed by atoms with Crippen LogP contribution in [0.25, 0.3) is 0 Å². The number of nitrogens with one attached hydrogen (secondary N) is 2. The number of hydrogen-bond acceptors (Lipinski definition) is 5. The first-order chi connectivity index (χ1) is 13.9. The van der Waals surface area contributed by atoms with E-state index in [9.17, 15) is 4.79 Å². The van der Waals surface area contributed by atoms with E-state index in [1.165, 1.54) is 5.56 Å². The van der Waals surface area contributed by atoms with Crippen LogP contribution in [-0.4, -0.2) is 55.5 Å². The number of piperidine rings is 1. The highest BCUT2D eigenvalue weighted by Crippen LogP contribution is 2.20. The fraction of sp³-hybridized carbons (Fsp3) is 0.696. The Morgan fingerprint density at radius 3 is 2.41 bits per heavy atom. The van der Waals surface area contributed by atoms with Crippen LogP contribution in [-0.2, 0) is 9.47 Å². The third-order valence-electron chi connectivity index (χ3n) is 5.63. The van der Waals surface area contributed by atoms with Gasteiger partial charge < -0.3 is 14.4 Å². The van der Waals surface area contributed by atoms with E-state index >= 15 is 0 Å². The van der Waals surface area contributed by atoms with Gasteiger partial charge in [-0.15, -0.1) is 0 Å². The maximum absolute atomic E-state index is 12.3. The van der Waals surface area contributed by atoms with Crippen LogP contribution in [0.4, 0.5) is 4.79 Å². The normalized spacial score (nSPS) is 20.4. The van der Waals surface area contributed by atoms with Crippen molar-refractivity contribution in [1.29, 1.82) is 0 Å². The van der Waals surface area contributed by atoms with Crippen LogP contribution in [0.5, 0.6) is 0 Å². The van der Waals surface area contributed by atoms with Gasteiger partial charge in [0.05, 0.1) is 6.17 Å². The highest BCUT2D eigenvalue weighted by molar-refractivity contribution is 5.68. The molecular formula is C23H37N3O3. The number of carbonyl (C=O) groups excluding carboxylic acids is 1. The number of carbonyl (C=O) groups is 1. The van der Waals surface area contributed by atoms with Crippen molar-refractivity contribution in [2.75, 3.05) is 32.8 Å². The lowest BCUT2D eigenvalue weighted by molar-refractivity contribution is 0.0193. The lowest BCUT2D eigenvalue weighted by atomic mass is 9.99. The van der Waals surface area contributed by atoms with Gasteiger partial charge in [0, 0.05) is 32.3 Å². The molecule has 1 atom stereocenters. The molecule has 29 heavy (non-hydrogen) atoms. The summed E-state index contributed by atoms with van der Waals surface area (Å²) in [5.41, 5.74) is 0.813. The molecule has 0 unspecified atom stereocenters. The lowest BCUT2D eigenvalue weighted by Gasteiger charge is -2.36. The Morgan fingerprint density at radius 2 is 1.79 bits per heavy atom. The Hall–Kier alpha value is -1.63. The molecular weight excluding hydrogens is 366 g/mol. The molecule has 2 N–H and O–H groups in total. The molecule has 0 aliphatic carbocycles. The van der Waals surface area contributed by atoms with Gasteiger partial charge in [0.15, 0.2) is 0 Å². The van der Waals surface area contributed by atoms with Crippen LogP contribution in [0.2, 0.25) is 0 Å². The largest absolute Gasteiger partial charge is 0.444 e. The van der Waals surface area contributed by atoms with Gasteiger partial charge in [0.1, 0.15) is 5.60 Å². The van der Waals surface area contributed by atoms with Crippen molar-refractivity contribution in [3.63, 3.8) is 0 Å². The fourth-order valence-corrected chi connectivity index (χ4v) is 3.94. The summed E-state index contributed by atoms with van der Waals surface area (Å²) in [7, 11) is 0. The zero-order valence-corrected chi connectivity index (χ0v) is 18.2. The van der Waals surface area contributed by atoms with E-state index in [2.05, 4.69) is 41.0 Å². The second-order valence-corrected chi connectivity index (χ2v) is 9.22. The summed E-state index contributed by atoms with van der Waals surface area (Å²) in [6.45, 7) is 9.93. The van der Waals surface area contributed by atoms with Crippen LogP contribution < -0.4 is 10.6 Å². The number of nitrogens with zero attached hydrogens (tertiary/aromatic N) is 1. The van der Waals surface area contributed by atoms with E-state index < -0.39 is 5.60 Å². The molecule has 0 spiro atoms. The van der Waals surface area contributed by atoms with Crippen LogP contribution in [0.3, 0.4) is 0 Å². The van der Waals surface area contributed by atoms with E-state index in [0.717, 1.165) is 58.5 Å². The van der Waals surface area contributed by atoms with Crippen LogP contribution in [0.1, 0.15) is 58.2 Å². The molecule has 2 aliphatic heterocycles. The SMILES string of the molecule is CC(C)(C)OC(=O)N1CCC(N[C@@H](NCC2CCOCC2)c2ccccc2)CC1. The summed E-state index contributed by atoms with van der Waals surface area (Å²) >= 11 is 0. The van der Waals surface area contributed by atoms with Crippen molar-refractivity contribution in [2.24, 2.45) is 5.92 Å². The van der Waals surface area contributed by atoms with Gasteiger partial charge >= 0.3 is 6.09 Å². The molecule has 2 heterocycles. The third-order valence-corrected chi connectivity index (χ3v) is 5.63. The molecule has 2 aliphatic rings. The monoisotopic (exact) mass is 403 g/mol. The van der Waals surface area contributed by atoms with Crippen LogP contribution in [0, 0.1) is 5.92 Å². The molecule has 6 heteroatoms. The molecule has 0 bridgehead atoms. The molecule has 1 amide bonds. The lowest BCUT2D eigenvalue weighted by Crippen LogP contribution is -2.49. The predicted octanol–water partition coefficient (Wildman–Crippen LogP) is 3.69. The molecule has 1 aromatic carbocycles. The standard InChI is InChI=1S/C23H37N3O3/c1-23(2,3)29-22(27)26-13-9-20(10-14-26)25-21(19-7-5-4-6-8-19)24-17-18-11-15-28-16-12-18/h4-8,18,20-21,24-25H,9-17H2,1-3H3/t21-/m1/s1. The first-order valence-corrected chi connectivity index (χ1v) is 11.0. The third kappa shape index (κ3) is 7.28. The van der Waals surface area contributed by atoms with Gasteiger partial charge in [-0.25, -0.2) is 4.79 Å². The van der Waals surface area contributed by atoms with E-state index in [1.807, 2.05) is 25.7 Å². The number of hydrogen-bond donors (Lipinski definition) is 2. The highest BCUT2D eigenvalue weighted by atomic mass is 16.6. The Labute approximate surface area is 175 Å². The Balaban J connectivity index is 1.52.